The van der Waals surface area contributed by atoms with Crippen molar-refractivity contribution in [2.45, 2.75) is 38.6 Å². The molecule has 0 radical (unpaired) electrons. The Labute approximate surface area is 245 Å². The molecule has 0 aliphatic carbocycles. The van der Waals surface area contributed by atoms with Crippen molar-refractivity contribution in [3.05, 3.63) is 83.9 Å². The molecule has 0 fully saturated rings. The van der Waals surface area contributed by atoms with Crippen LogP contribution in [0.2, 0.25) is 0 Å². The number of thiocarbonyl (C=S) groups is 1. The van der Waals surface area contributed by atoms with Crippen molar-refractivity contribution in [2.75, 3.05) is 20.7 Å². The van der Waals surface area contributed by atoms with Crippen LogP contribution in [0, 0.1) is 6.92 Å². The number of carbonyl (C=O) groups excluding carboxylic acids is 1. The summed E-state index contributed by atoms with van der Waals surface area (Å²) in [5.41, 5.74) is 4.91. The van der Waals surface area contributed by atoms with Gasteiger partial charge in [-0.1, -0.05) is 36.4 Å². The van der Waals surface area contributed by atoms with Gasteiger partial charge in [-0.2, -0.15) is 0 Å². The van der Waals surface area contributed by atoms with Gasteiger partial charge in [0.1, 0.15) is 11.6 Å². The zero-order valence-corrected chi connectivity index (χ0v) is 24.5. The number of imidazole rings is 1. The topological polar surface area (TPSA) is 107 Å². The standard InChI is InChI=1S/C32H36N6O2S/c1-20-25(26-17-24(40-3)13-14-27(26)36-20)18-30(39)37-28(10-6-7-15-34-32(41)33-2)31-35-19-29(38-31)23-12-11-21-8-4-5-9-22(21)16-23/h4-5,8-9,11-14,16-17,19,28,36H,6-7,10,15,18H2,1-3H3,(H,35,38)(H,37,39)(H2,33,34,41)/t28-/m0/s1. The minimum Gasteiger partial charge on any atom is -0.497 e. The van der Waals surface area contributed by atoms with Crippen molar-refractivity contribution in [1.82, 2.24) is 30.9 Å². The van der Waals surface area contributed by atoms with Gasteiger partial charge in [0.15, 0.2) is 5.11 Å². The Kier molecular flexibility index (Phi) is 8.84. The number of aromatic nitrogens is 3. The third-order valence-corrected chi connectivity index (χ3v) is 7.77. The number of unbranched alkanes of at least 4 members (excludes halogenated alkanes) is 1. The Morgan fingerprint density at radius 1 is 1.05 bits per heavy atom. The normalized spacial score (nSPS) is 11.9. The molecule has 212 valence electrons. The molecule has 1 amide bonds. The molecule has 0 bridgehead atoms. The number of hydrogen-bond donors (Lipinski definition) is 5. The minimum absolute atomic E-state index is 0.0556. The molecule has 0 spiro atoms. The first-order chi connectivity index (χ1) is 19.9. The van der Waals surface area contributed by atoms with Crippen molar-refractivity contribution in [1.29, 1.82) is 0 Å². The van der Waals surface area contributed by atoms with E-state index in [9.17, 15) is 4.79 Å². The smallest absolute Gasteiger partial charge is 0.225 e. The average molecular weight is 569 g/mol. The lowest BCUT2D eigenvalue weighted by Gasteiger charge is -2.17. The molecule has 0 aliphatic heterocycles. The summed E-state index contributed by atoms with van der Waals surface area (Å²) in [5, 5.41) is 13.4. The molecular weight excluding hydrogens is 532 g/mol. The molecule has 0 saturated carbocycles. The van der Waals surface area contributed by atoms with Crippen LogP contribution in [0.3, 0.4) is 0 Å². The zero-order valence-electron chi connectivity index (χ0n) is 23.6. The van der Waals surface area contributed by atoms with Gasteiger partial charge < -0.3 is 30.7 Å². The highest BCUT2D eigenvalue weighted by molar-refractivity contribution is 7.80. The van der Waals surface area contributed by atoms with Gasteiger partial charge in [-0.25, -0.2) is 4.98 Å². The molecule has 5 aromatic rings. The largest absolute Gasteiger partial charge is 0.497 e. The first kappa shape index (κ1) is 28.2. The fraction of sp³-hybridized carbons (Fsp3) is 0.281. The number of fused-ring (bicyclic) bond motifs is 2. The molecule has 1 atom stereocenters. The molecule has 2 heterocycles. The van der Waals surface area contributed by atoms with Gasteiger partial charge in [0.2, 0.25) is 5.91 Å². The molecule has 5 N–H and O–H groups in total. The van der Waals surface area contributed by atoms with Crippen LogP contribution in [0.15, 0.2) is 66.9 Å². The Hall–Kier alpha value is -4.37. The molecule has 9 heteroatoms. The number of ether oxygens (including phenoxy) is 1. The second kappa shape index (κ2) is 12.9. The van der Waals surface area contributed by atoms with E-state index in [1.165, 1.54) is 10.8 Å². The number of H-pyrrole nitrogens is 2. The lowest BCUT2D eigenvalue weighted by Crippen LogP contribution is -2.33. The first-order valence-corrected chi connectivity index (χ1v) is 14.3. The molecule has 3 aromatic carbocycles. The second-order valence-electron chi connectivity index (χ2n) is 10.2. The van der Waals surface area contributed by atoms with Crippen molar-refractivity contribution >= 4 is 44.9 Å². The highest BCUT2D eigenvalue weighted by atomic mass is 32.1. The van der Waals surface area contributed by atoms with E-state index >= 15 is 0 Å². The SMILES string of the molecule is CNC(=S)NCCCC[C@H](NC(=O)Cc1c(C)[nH]c2ccc(OC)cc12)c1ncc(-c2ccc3ccccc3c2)[nH]1. The van der Waals surface area contributed by atoms with Crippen molar-refractivity contribution in [3.63, 3.8) is 0 Å². The zero-order chi connectivity index (χ0) is 28.8. The van der Waals surface area contributed by atoms with E-state index in [1.54, 1.807) is 14.2 Å². The summed E-state index contributed by atoms with van der Waals surface area (Å²) in [7, 11) is 3.45. The number of rotatable bonds is 11. The summed E-state index contributed by atoms with van der Waals surface area (Å²) >= 11 is 5.18. The Morgan fingerprint density at radius 3 is 2.68 bits per heavy atom. The number of nitrogens with zero attached hydrogens (tertiary/aromatic N) is 1. The van der Waals surface area contributed by atoms with Crippen LogP contribution in [0.25, 0.3) is 32.9 Å². The highest BCUT2D eigenvalue weighted by Crippen LogP contribution is 2.28. The predicted octanol–water partition coefficient (Wildman–Crippen LogP) is 5.69. The number of amides is 1. The molecule has 0 aliphatic rings. The van der Waals surface area contributed by atoms with Gasteiger partial charge in [0, 0.05) is 35.8 Å². The van der Waals surface area contributed by atoms with Gasteiger partial charge in [0.25, 0.3) is 0 Å². The van der Waals surface area contributed by atoms with Crippen LogP contribution < -0.4 is 20.7 Å². The fourth-order valence-corrected chi connectivity index (χ4v) is 5.28. The average Bonchev–Trinajstić information content (AvgIpc) is 3.60. The summed E-state index contributed by atoms with van der Waals surface area (Å²) in [6.07, 6.45) is 4.64. The summed E-state index contributed by atoms with van der Waals surface area (Å²) in [6, 6.07) is 20.3. The summed E-state index contributed by atoms with van der Waals surface area (Å²) in [6.45, 7) is 2.76. The molecule has 2 aromatic heterocycles. The minimum atomic E-state index is -0.256. The third kappa shape index (κ3) is 6.69. The maximum atomic E-state index is 13.4. The molecule has 8 nitrogen and oxygen atoms in total. The van der Waals surface area contributed by atoms with E-state index in [1.807, 2.05) is 43.5 Å². The van der Waals surface area contributed by atoms with E-state index in [0.29, 0.717) is 5.11 Å². The van der Waals surface area contributed by atoms with Gasteiger partial charge in [-0.15, -0.1) is 0 Å². The Bertz CT molecular complexity index is 1670. The fourth-order valence-electron chi connectivity index (χ4n) is 5.18. The number of nitrogens with one attached hydrogen (secondary N) is 5. The molecule has 0 unspecified atom stereocenters. The number of benzene rings is 3. The third-order valence-electron chi connectivity index (χ3n) is 7.42. The summed E-state index contributed by atoms with van der Waals surface area (Å²) in [4.78, 5) is 25.0. The van der Waals surface area contributed by atoms with Gasteiger partial charge in [-0.3, -0.25) is 4.79 Å². The molecule has 5 rings (SSSR count). The number of methoxy groups -OCH3 is 1. The number of hydrogen-bond acceptors (Lipinski definition) is 4. The van der Waals surface area contributed by atoms with Crippen LogP contribution >= 0.6 is 12.2 Å². The van der Waals surface area contributed by atoms with E-state index in [4.69, 9.17) is 21.9 Å². The van der Waals surface area contributed by atoms with Crippen molar-refractivity contribution in [2.24, 2.45) is 0 Å². The molecular formula is C32H36N6O2S. The summed E-state index contributed by atoms with van der Waals surface area (Å²) in [5.74, 6) is 1.46. The van der Waals surface area contributed by atoms with E-state index in [2.05, 4.69) is 56.3 Å². The van der Waals surface area contributed by atoms with E-state index in [0.717, 1.165) is 70.8 Å². The maximum Gasteiger partial charge on any atom is 0.225 e. The lowest BCUT2D eigenvalue weighted by molar-refractivity contribution is -0.121. The van der Waals surface area contributed by atoms with Crippen LogP contribution in [0.4, 0.5) is 0 Å². The van der Waals surface area contributed by atoms with Crippen molar-refractivity contribution in [3.8, 4) is 17.0 Å². The van der Waals surface area contributed by atoms with Gasteiger partial charge >= 0.3 is 0 Å². The lowest BCUT2D eigenvalue weighted by atomic mass is 10.0. The Morgan fingerprint density at radius 2 is 1.88 bits per heavy atom. The van der Waals surface area contributed by atoms with Crippen LogP contribution in [0.1, 0.15) is 42.4 Å². The van der Waals surface area contributed by atoms with Gasteiger partial charge in [0.05, 0.1) is 31.5 Å². The number of carbonyl (C=O) groups is 1. The quantitative estimate of drug-likeness (QED) is 0.104. The maximum absolute atomic E-state index is 13.4. The second-order valence-corrected chi connectivity index (χ2v) is 10.6. The molecule has 0 saturated heterocycles. The van der Waals surface area contributed by atoms with E-state index < -0.39 is 0 Å². The molecule has 41 heavy (non-hydrogen) atoms. The number of aryl methyl sites for hydroxylation is 1. The monoisotopic (exact) mass is 568 g/mol. The first-order valence-electron chi connectivity index (χ1n) is 13.9. The summed E-state index contributed by atoms with van der Waals surface area (Å²) < 4.78 is 5.42. The van der Waals surface area contributed by atoms with Crippen LogP contribution in [0.5, 0.6) is 5.75 Å². The predicted molar refractivity (Wildman–Crippen MR) is 169 cm³/mol. The number of aromatic amines is 2. The van der Waals surface area contributed by atoms with E-state index in [-0.39, 0.29) is 18.4 Å². The van der Waals surface area contributed by atoms with Crippen LogP contribution in [-0.2, 0) is 11.2 Å². The highest BCUT2D eigenvalue weighted by Gasteiger charge is 2.20. The van der Waals surface area contributed by atoms with Crippen molar-refractivity contribution < 1.29 is 9.53 Å². The van der Waals surface area contributed by atoms with Gasteiger partial charge in [-0.05, 0) is 79.0 Å². The van der Waals surface area contributed by atoms with Crippen LogP contribution in [-0.4, -0.2) is 46.7 Å². The Balaban J connectivity index is 1.34.